The first-order valence-corrected chi connectivity index (χ1v) is 13.4. The molecule has 0 saturated carbocycles. The Balaban J connectivity index is 1.52. The first kappa shape index (κ1) is 23.1. The van der Waals surface area contributed by atoms with Crippen molar-refractivity contribution in [1.82, 2.24) is 4.57 Å². The Morgan fingerprint density at radius 1 is 0.487 bits per heavy atom. The molecule has 2 nitrogen and oxygen atoms in total. The van der Waals surface area contributed by atoms with Crippen LogP contribution in [0.25, 0.3) is 38.6 Å². The van der Waals surface area contributed by atoms with Crippen LogP contribution >= 0.6 is 0 Å². The van der Waals surface area contributed by atoms with E-state index in [0.29, 0.717) is 0 Å². The summed E-state index contributed by atoms with van der Waals surface area (Å²) in [5.74, 6) is 0. The van der Waals surface area contributed by atoms with Gasteiger partial charge in [0.15, 0.2) is 0 Å². The van der Waals surface area contributed by atoms with Gasteiger partial charge in [0.25, 0.3) is 0 Å². The Labute approximate surface area is 229 Å². The molecule has 0 fully saturated rings. The molecule has 0 spiro atoms. The summed E-state index contributed by atoms with van der Waals surface area (Å²) in [6, 6.07) is 54.3. The van der Waals surface area contributed by atoms with Crippen molar-refractivity contribution in [3.05, 3.63) is 157 Å². The van der Waals surface area contributed by atoms with Gasteiger partial charge in [0, 0.05) is 27.8 Å². The van der Waals surface area contributed by atoms with Gasteiger partial charge in [-0.3, -0.25) is 0 Å². The summed E-state index contributed by atoms with van der Waals surface area (Å²) in [6.07, 6.45) is 0. The van der Waals surface area contributed by atoms with Crippen LogP contribution in [0.15, 0.2) is 152 Å². The highest BCUT2D eigenvalue weighted by Gasteiger charge is 2.21. The van der Waals surface area contributed by atoms with Gasteiger partial charge < -0.3 is 9.47 Å². The van der Waals surface area contributed by atoms with Gasteiger partial charge >= 0.3 is 0 Å². The van der Waals surface area contributed by atoms with E-state index in [9.17, 15) is 0 Å². The van der Waals surface area contributed by atoms with E-state index in [2.05, 4.69) is 168 Å². The molecule has 0 amide bonds. The van der Waals surface area contributed by atoms with Crippen LogP contribution in [0.1, 0.15) is 5.56 Å². The van der Waals surface area contributed by atoms with Crippen molar-refractivity contribution in [3.8, 4) is 16.8 Å². The third-order valence-electron chi connectivity index (χ3n) is 7.43. The molecule has 186 valence electrons. The number of para-hydroxylation sites is 2. The van der Waals surface area contributed by atoms with E-state index in [0.717, 1.165) is 17.1 Å². The van der Waals surface area contributed by atoms with Crippen LogP contribution in [0.4, 0.5) is 17.1 Å². The lowest BCUT2D eigenvalue weighted by Crippen LogP contribution is -2.10. The maximum absolute atomic E-state index is 2.39. The molecule has 0 aliphatic heterocycles. The van der Waals surface area contributed by atoms with Crippen molar-refractivity contribution in [3.63, 3.8) is 0 Å². The fourth-order valence-electron chi connectivity index (χ4n) is 5.62. The Morgan fingerprint density at radius 2 is 1.10 bits per heavy atom. The smallest absolute Gasteiger partial charge is 0.0562 e. The zero-order chi connectivity index (χ0) is 26.2. The van der Waals surface area contributed by atoms with Crippen molar-refractivity contribution < 1.29 is 0 Å². The SMILES string of the molecule is Cc1ccc(-n2c3ccccc3c3c(N(c4ccccc4)c4cccc(-c5ccccc5)c4)cccc32)cc1. The third kappa shape index (κ3) is 4.07. The molecule has 7 aromatic rings. The number of hydrogen-bond acceptors (Lipinski definition) is 1. The minimum Gasteiger partial charge on any atom is -0.310 e. The second-order valence-electron chi connectivity index (χ2n) is 9.95. The fourth-order valence-corrected chi connectivity index (χ4v) is 5.62. The minimum atomic E-state index is 1.13. The summed E-state index contributed by atoms with van der Waals surface area (Å²) >= 11 is 0. The van der Waals surface area contributed by atoms with E-state index >= 15 is 0 Å². The average Bonchev–Trinajstić information content (AvgIpc) is 3.34. The van der Waals surface area contributed by atoms with E-state index < -0.39 is 0 Å². The number of aromatic nitrogens is 1. The van der Waals surface area contributed by atoms with Crippen LogP contribution in [0.2, 0.25) is 0 Å². The minimum absolute atomic E-state index is 1.13. The van der Waals surface area contributed by atoms with Crippen LogP contribution in [-0.2, 0) is 0 Å². The Bertz CT molecular complexity index is 1900. The lowest BCUT2D eigenvalue weighted by Gasteiger charge is -2.27. The molecule has 2 heteroatoms. The van der Waals surface area contributed by atoms with Gasteiger partial charge in [0.05, 0.1) is 16.7 Å². The van der Waals surface area contributed by atoms with E-state index in [1.54, 1.807) is 0 Å². The highest BCUT2D eigenvalue weighted by Crippen LogP contribution is 2.44. The summed E-state index contributed by atoms with van der Waals surface area (Å²) in [6.45, 7) is 2.13. The number of aryl methyl sites for hydroxylation is 1. The van der Waals surface area contributed by atoms with Gasteiger partial charge in [-0.2, -0.15) is 0 Å². The quantitative estimate of drug-likeness (QED) is 0.228. The first-order valence-electron chi connectivity index (χ1n) is 13.4. The molecule has 1 heterocycles. The second kappa shape index (κ2) is 9.66. The highest BCUT2D eigenvalue weighted by atomic mass is 15.1. The largest absolute Gasteiger partial charge is 0.310 e. The molecule has 39 heavy (non-hydrogen) atoms. The Hall–Kier alpha value is -5.08. The molecular weight excluding hydrogens is 472 g/mol. The summed E-state index contributed by atoms with van der Waals surface area (Å²) in [7, 11) is 0. The highest BCUT2D eigenvalue weighted by molar-refractivity contribution is 6.16. The summed E-state index contributed by atoms with van der Waals surface area (Å²) < 4.78 is 2.39. The van der Waals surface area contributed by atoms with Gasteiger partial charge in [-0.25, -0.2) is 0 Å². The van der Waals surface area contributed by atoms with Crippen LogP contribution in [0.3, 0.4) is 0 Å². The predicted molar refractivity (Wildman–Crippen MR) is 166 cm³/mol. The zero-order valence-electron chi connectivity index (χ0n) is 21.8. The van der Waals surface area contributed by atoms with Crippen LogP contribution in [-0.4, -0.2) is 4.57 Å². The predicted octanol–water partition coefficient (Wildman–Crippen LogP) is 10.2. The first-order chi connectivity index (χ1) is 19.3. The van der Waals surface area contributed by atoms with E-state index in [4.69, 9.17) is 0 Å². The average molecular weight is 501 g/mol. The molecule has 0 radical (unpaired) electrons. The van der Waals surface area contributed by atoms with Crippen molar-refractivity contribution in [2.24, 2.45) is 0 Å². The van der Waals surface area contributed by atoms with Crippen molar-refractivity contribution in [1.29, 1.82) is 0 Å². The molecule has 0 unspecified atom stereocenters. The normalized spacial score (nSPS) is 11.2. The lowest BCUT2D eigenvalue weighted by atomic mass is 10.0. The zero-order valence-corrected chi connectivity index (χ0v) is 21.8. The number of nitrogens with zero attached hydrogens (tertiary/aromatic N) is 2. The second-order valence-corrected chi connectivity index (χ2v) is 9.95. The van der Waals surface area contributed by atoms with Crippen LogP contribution < -0.4 is 4.90 Å². The summed E-state index contributed by atoms with van der Waals surface area (Å²) in [5.41, 5.74) is 10.6. The number of hydrogen-bond donors (Lipinski definition) is 0. The molecule has 0 bridgehead atoms. The monoisotopic (exact) mass is 500 g/mol. The Kier molecular flexibility index (Phi) is 5.71. The maximum atomic E-state index is 2.39. The third-order valence-corrected chi connectivity index (χ3v) is 7.43. The van der Waals surface area contributed by atoms with Gasteiger partial charge in [-0.1, -0.05) is 103 Å². The molecule has 0 N–H and O–H groups in total. The summed E-state index contributed by atoms with van der Waals surface area (Å²) in [5, 5.41) is 2.48. The summed E-state index contributed by atoms with van der Waals surface area (Å²) in [4.78, 5) is 2.39. The lowest BCUT2D eigenvalue weighted by molar-refractivity contribution is 1.17. The Morgan fingerprint density at radius 3 is 1.90 bits per heavy atom. The van der Waals surface area contributed by atoms with E-state index in [-0.39, 0.29) is 0 Å². The van der Waals surface area contributed by atoms with Gasteiger partial charge in [0.1, 0.15) is 0 Å². The van der Waals surface area contributed by atoms with Gasteiger partial charge in [-0.15, -0.1) is 0 Å². The maximum Gasteiger partial charge on any atom is 0.0562 e. The topological polar surface area (TPSA) is 8.17 Å². The van der Waals surface area contributed by atoms with Crippen LogP contribution in [0, 0.1) is 6.92 Å². The van der Waals surface area contributed by atoms with Crippen molar-refractivity contribution in [2.45, 2.75) is 6.92 Å². The molecular formula is C37H28N2. The van der Waals surface area contributed by atoms with Gasteiger partial charge in [-0.05, 0) is 72.6 Å². The molecule has 0 aliphatic carbocycles. The number of fused-ring (bicyclic) bond motifs is 3. The van der Waals surface area contributed by atoms with E-state index in [1.165, 1.54) is 44.2 Å². The number of benzene rings is 6. The van der Waals surface area contributed by atoms with Crippen molar-refractivity contribution >= 4 is 38.9 Å². The van der Waals surface area contributed by atoms with Gasteiger partial charge in [0.2, 0.25) is 0 Å². The molecule has 1 aromatic heterocycles. The van der Waals surface area contributed by atoms with E-state index in [1.807, 2.05) is 0 Å². The fraction of sp³-hybridized carbons (Fsp3) is 0.0270. The molecule has 6 aromatic carbocycles. The number of anilines is 3. The molecule has 7 rings (SSSR count). The molecule has 0 saturated heterocycles. The molecule has 0 atom stereocenters. The van der Waals surface area contributed by atoms with Crippen LogP contribution in [0.5, 0.6) is 0 Å². The standard InChI is InChI=1S/C37H28N2/c1-27-22-24-31(25-23-27)39-34-19-9-8-18-33(34)37-35(20-11-21-36(37)39)38(30-15-6-3-7-16-30)32-17-10-14-29(26-32)28-12-4-2-5-13-28/h2-26H,1H3. The number of rotatable bonds is 5. The molecule has 0 aliphatic rings. The van der Waals surface area contributed by atoms with Crippen molar-refractivity contribution in [2.75, 3.05) is 4.90 Å².